The first-order valence-electron chi connectivity index (χ1n) is 8.70. The Balaban J connectivity index is 1.65. The van der Waals surface area contributed by atoms with E-state index >= 15 is 0 Å². The number of nitrogens with one attached hydrogen (secondary N) is 1. The number of hydrogen-bond donors (Lipinski definition) is 1. The summed E-state index contributed by atoms with van der Waals surface area (Å²) >= 11 is 6.20. The average molecular weight is 374 g/mol. The van der Waals surface area contributed by atoms with E-state index in [9.17, 15) is 4.79 Å². The van der Waals surface area contributed by atoms with Gasteiger partial charge in [-0.15, -0.1) is 0 Å². The van der Waals surface area contributed by atoms with E-state index in [1.807, 2.05) is 55.1 Å². The van der Waals surface area contributed by atoms with Crippen LogP contribution in [-0.4, -0.2) is 44.2 Å². The largest absolute Gasteiger partial charge is 0.495 e. The number of aryl methyl sites for hydroxylation is 2. The quantitative estimate of drug-likeness (QED) is 0.871. The van der Waals surface area contributed by atoms with Crippen molar-refractivity contribution in [2.45, 2.75) is 13.8 Å². The van der Waals surface area contributed by atoms with Crippen LogP contribution in [0.5, 0.6) is 5.75 Å². The van der Waals surface area contributed by atoms with Crippen LogP contribution < -0.4 is 15.0 Å². The van der Waals surface area contributed by atoms with E-state index in [0.29, 0.717) is 18.1 Å². The van der Waals surface area contributed by atoms with Crippen LogP contribution in [0, 0.1) is 13.8 Å². The molecule has 5 nitrogen and oxygen atoms in total. The van der Waals surface area contributed by atoms with E-state index in [-0.39, 0.29) is 6.03 Å². The summed E-state index contributed by atoms with van der Waals surface area (Å²) in [6.07, 6.45) is 0. The van der Waals surface area contributed by atoms with Gasteiger partial charge in [-0.2, -0.15) is 0 Å². The van der Waals surface area contributed by atoms with E-state index < -0.39 is 0 Å². The molecular weight excluding hydrogens is 350 g/mol. The standard InChI is InChI=1S/C20H24ClN3O2/c1-14-6-4-5-7-17(14)22-20(25)24-10-8-23(9-11-24)18-12-15(2)16(21)13-19(18)26-3/h4-7,12-13H,8-11H2,1-3H3,(H,22,25). The highest BCUT2D eigenvalue weighted by Crippen LogP contribution is 2.34. The maximum atomic E-state index is 12.5. The Morgan fingerprint density at radius 3 is 2.42 bits per heavy atom. The van der Waals surface area contributed by atoms with Gasteiger partial charge >= 0.3 is 6.03 Å². The number of para-hydroxylation sites is 1. The zero-order valence-corrected chi connectivity index (χ0v) is 16.1. The Bertz CT molecular complexity index is 802. The molecule has 1 aliphatic rings. The van der Waals surface area contributed by atoms with Crippen LogP contribution >= 0.6 is 11.6 Å². The number of ether oxygens (including phenoxy) is 1. The third-order valence-electron chi connectivity index (χ3n) is 4.75. The smallest absolute Gasteiger partial charge is 0.321 e. The minimum atomic E-state index is -0.0572. The van der Waals surface area contributed by atoms with Crippen LogP contribution in [0.3, 0.4) is 0 Å². The van der Waals surface area contributed by atoms with Crippen molar-refractivity contribution in [2.75, 3.05) is 43.5 Å². The number of carbonyl (C=O) groups excluding carboxylic acids is 1. The number of benzene rings is 2. The molecule has 0 radical (unpaired) electrons. The van der Waals surface area contributed by atoms with Gasteiger partial charge in [0.05, 0.1) is 12.8 Å². The van der Waals surface area contributed by atoms with Gasteiger partial charge in [-0.05, 0) is 37.1 Å². The van der Waals surface area contributed by atoms with Gasteiger partial charge < -0.3 is 19.9 Å². The molecule has 1 N–H and O–H groups in total. The predicted molar refractivity (Wildman–Crippen MR) is 107 cm³/mol. The Kier molecular flexibility index (Phi) is 5.57. The molecule has 0 spiro atoms. The van der Waals surface area contributed by atoms with Crippen molar-refractivity contribution in [3.63, 3.8) is 0 Å². The fourth-order valence-electron chi connectivity index (χ4n) is 3.12. The molecule has 2 amide bonds. The van der Waals surface area contributed by atoms with Crippen molar-refractivity contribution in [1.82, 2.24) is 4.90 Å². The lowest BCUT2D eigenvalue weighted by molar-refractivity contribution is 0.208. The summed E-state index contributed by atoms with van der Waals surface area (Å²) in [6.45, 7) is 6.78. The van der Waals surface area contributed by atoms with Gasteiger partial charge in [0.2, 0.25) is 0 Å². The highest BCUT2D eigenvalue weighted by Gasteiger charge is 2.23. The summed E-state index contributed by atoms with van der Waals surface area (Å²) in [5.74, 6) is 0.762. The fourth-order valence-corrected chi connectivity index (χ4v) is 3.27. The van der Waals surface area contributed by atoms with Crippen molar-refractivity contribution in [3.05, 3.63) is 52.5 Å². The van der Waals surface area contributed by atoms with Crippen molar-refractivity contribution in [3.8, 4) is 5.75 Å². The number of anilines is 2. The average Bonchev–Trinajstić information content (AvgIpc) is 2.65. The molecule has 0 unspecified atom stereocenters. The number of carbonyl (C=O) groups is 1. The number of amides is 2. The predicted octanol–water partition coefficient (Wildman–Crippen LogP) is 4.32. The number of rotatable bonds is 3. The number of methoxy groups -OCH3 is 1. The summed E-state index contributed by atoms with van der Waals surface area (Å²) < 4.78 is 5.48. The molecule has 0 aromatic heterocycles. The van der Waals surface area contributed by atoms with Crippen LogP contribution in [0.4, 0.5) is 16.2 Å². The fraction of sp³-hybridized carbons (Fsp3) is 0.350. The number of urea groups is 1. The van der Waals surface area contributed by atoms with Gasteiger partial charge in [-0.25, -0.2) is 4.79 Å². The van der Waals surface area contributed by atoms with Gasteiger partial charge in [0.15, 0.2) is 0 Å². The summed E-state index contributed by atoms with van der Waals surface area (Å²) in [6, 6.07) is 11.6. The molecule has 0 aliphatic carbocycles. The van der Waals surface area contributed by atoms with Crippen molar-refractivity contribution >= 4 is 29.0 Å². The molecule has 0 bridgehead atoms. The number of halogens is 1. The minimum Gasteiger partial charge on any atom is -0.495 e. The first kappa shape index (κ1) is 18.4. The number of piperazine rings is 1. The van der Waals surface area contributed by atoms with E-state index in [4.69, 9.17) is 16.3 Å². The Morgan fingerprint density at radius 2 is 1.77 bits per heavy atom. The topological polar surface area (TPSA) is 44.8 Å². The lowest BCUT2D eigenvalue weighted by Gasteiger charge is -2.36. The molecule has 26 heavy (non-hydrogen) atoms. The molecule has 1 aliphatic heterocycles. The highest BCUT2D eigenvalue weighted by atomic mass is 35.5. The zero-order chi connectivity index (χ0) is 18.7. The minimum absolute atomic E-state index is 0.0572. The summed E-state index contributed by atoms with van der Waals surface area (Å²) in [5, 5.41) is 3.70. The normalized spacial score (nSPS) is 14.3. The number of nitrogens with zero attached hydrogens (tertiary/aromatic N) is 2. The van der Waals surface area contributed by atoms with E-state index in [0.717, 1.165) is 41.3 Å². The molecule has 1 saturated heterocycles. The van der Waals surface area contributed by atoms with Crippen molar-refractivity contribution in [1.29, 1.82) is 0 Å². The van der Waals surface area contributed by atoms with Crippen LogP contribution in [0.1, 0.15) is 11.1 Å². The Morgan fingerprint density at radius 1 is 1.08 bits per heavy atom. The van der Waals surface area contributed by atoms with Crippen molar-refractivity contribution in [2.24, 2.45) is 0 Å². The van der Waals surface area contributed by atoms with E-state index in [1.54, 1.807) is 7.11 Å². The molecule has 138 valence electrons. The molecule has 6 heteroatoms. The van der Waals surface area contributed by atoms with Crippen LogP contribution in [-0.2, 0) is 0 Å². The molecule has 0 saturated carbocycles. The molecule has 0 atom stereocenters. The SMILES string of the molecule is COc1cc(Cl)c(C)cc1N1CCN(C(=O)Nc2ccccc2C)CC1. The second-order valence-corrected chi connectivity index (χ2v) is 6.90. The van der Waals surface area contributed by atoms with Gasteiger partial charge in [-0.3, -0.25) is 0 Å². The molecule has 3 rings (SSSR count). The lowest BCUT2D eigenvalue weighted by Crippen LogP contribution is -2.50. The molecule has 2 aromatic rings. The summed E-state index contributed by atoms with van der Waals surface area (Å²) in [5.41, 5.74) is 3.95. The van der Waals surface area contributed by atoms with E-state index in [1.165, 1.54) is 0 Å². The third kappa shape index (κ3) is 3.88. The summed E-state index contributed by atoms with van der Waals surface area (Å²) in [7, 11) is 1.65. The monoisotopic (exact) mass is 373 g/mol. The first-order valence-corrected chi connectivity index (χ1v) is 9.08. The summed E-state index contributed by atoms with van der Waals surface area (Å²) in [4.78, 5) is 16.6. The van der Waals surface area contributed by atoms with Crippen LogP contribution in [0.25, 0.3) is 0 Å². The van der Waals surface area contributed by atoms with Gasteiger partial charge in [-0.1, -0.05) is 29.8 Å². The maximum absolute atomic E-state index is 12.5. The van der Waals surface area contributed by atoms with Gasteiger partial charge in [0.1, 0.15) is 5.75 Å². The zero-order valence-electron chi connectivity index (χ0n) is 15.4. The molecular formula is C20H24ClN3O2. The van der Waals surface area contributed by atoms with Gasteiger partial charge in [0.25, 0.3) is 0 Å². The second kappa shape index (κ2) is 7.87. The van der Waals surface area contributed by atoms with Crippen molar-refractivity contribution < 1.29 is 9.53 Å². The molecule has 2 aromatic carbocycles. The number of hydrogen-bond acceptors (Lipinski definition) is 3. The third-order valence-corrected chi connectivity index (χ3v) is 5.16. The lowest BCUT2D eigenvalue weighted by atomic mass is 10.1. The highest BCUT2D eigenvalue weighted by molar-refractivity contribution is 6.31. The van der Waals surface area contributed by atoms with E-state index in [2.05, 4.69) is 10.2 Å². The van der Waals surface area contributed by atoms with Crippen LogP contribution in [0.15, 0.2) is 36.4 Å². The first-order chi connectivity index (χ1) is 12.5. The van der Waals surface area contributed by atoms with Gasteiger partial charge in [0, 0.05) is 43.0 Å². The Hall–Kier alpha value is -2.40. The molecule has 1 heterocycles. The maximum Gasteiger partial charge on any atom is 0.321 e. The van der Waals surface area contributed by atoms with Crippen LogP contribution in [0.2, 0.25) is 5.02 Å². The Labute approximate surface area is 159 Å². The second-order valence-electron chi connectivity index (χ2n) is 6.49. The molecule has 1 fully saturated rings.